The second-order valence-corrected chi connectivity index (χ2v) is 4.25. The molecule has 0 N–H and O–H groups in total. The average Bonchev–Trinajstić information content (AvgIpc) is 2.35. The number of hydrogen-bond acceptors (Lipinski definition) is 3. The van der Waals surface area contributed by atoms with Gasteiger partial charge in [-0.3, -0.25) is 0 Å². The molecular weight excluding hydrogens is 216 g/mol. The van der Waals surface area contributed by atoms with Gasteiger partial charge in [0.15, 0.2) is 0 Å². The van der Waals surface area contributed by atoms with E-state index in [1.54, 1.807) is 0 Å². The lowest BCUT2D eigenvalue weighted by atomic mass is 10.3. The van der Waals surface area contributed by atoms with E-state index in [9.17, 15) is 0 Å². The van der Waals surface area contributed by atoms with Crippen LogP contribution in [-0.4, -0.2) is 39.6 Å². The zero-order chi connectivity index (χ0) is 12.6. The standard InChI is InChI=1S/C14H30O3/c1-3-9-15-11-5-7-13-17-14-8-6-12-16-10-4-2/h3-14H2,1-2H3. The normalized spacial score (nSPS) is 10.9. The van der Waals surface area contributed by atoms with Gasteiger partial charge in [0, 0.05) is 39.6 Å². The van der Waals surface area contributed by atoms with Crippen LogP contribution in [0.4, 0.5) is 0 Å². The van der Waals surface area contributed by atoms with E-state index in [0.29, 0.717) is 0 Å². The van der Waals surface area contributed by atoms with Gasteiger partial charge in [0.25, 0.3) is 0 Å². The van der Waals surface area contributed by atoms with Gasteiger partial charge in [0.05, 0.1) is 0 Å². The van der Waals surface area contributed by atoms with Crippen LogP contribution in [0.5, 0.6) is 0 Å². The van der Waals surface area contributed by atoms with Gasteiger partial charge in [-0.05, 0) is 38.5 Å². The van der Waals surface area contributed by atoms with E-state index in [1.165, 1.54) is 0 Å². The van der Waals surface area contributed by atoms with E-state index in [4.69, 9.17) is 14.2 Å². The Morgan fingerprint density at radius 1 is 0.471 bits per heavy atom. The summed E-state index contributed by atoms with van der Waals surface area (Å²) >= 11 is 0. The first kappa shape index (κ1) is 16.9. The molecule has 0 amide bonds. The molecule has 0 radical (unpaired) electrons. The number of hydrogen-bond donors (Lipinski definition) is 0. The molecule has 0 unspecified atom stereocenters. The molecule has 0 aromatic carbocycles. The van der Waals surface area contributed by atoms with Crippen LogP contribution in [0.2, 0.25) is 0 Å². The van der Waals surface area contributed by atoms with Crippen molar-refractivity contribution >= 4 is 0 Å². The summed E-state index contributed by atoms with van der Waals surface area (Å²) in [5, 5.41) is 0. The molecule has 3 heteroatoms. The molecule has 0 aromatic heterocycles. The molecule has 3 nitrogen and oxygen atoms in total. The Kier molecular flexibility index (Phi) is 15.8. The van der Waals surface area contributed by atoms with E-state index in [2.05, 4.69) is 13.8 Å². The van der Waals surface area contributed by atoms with Crippen LogP contribution in [0, 0.1) is 0 Å². The SMILES string of the molecule is CCCOCCCCOCCCCOCCC. The summed E-state index contributed by atoms with van der Waals surface area (Å²) in [5.41, 5.74) is 0. The fourth-order valence-corrected chi connectivity index (χ4v) is 1.41. The number of rotatable bonds is 14. The lowest BCUT2D eigenvalue weighted by Crippen LogP contribution is -2.02. The molecule has 0 aliphatic carbocycles. The van der Waals surface area contributed by atoms with E-state index >= 15 is 0 Å². The Labute approximate surface area is 107 Å². The number of unbranched alkanes of at least 4 members (excludes halogenated alkanes) is 2. The molecule has 104 valence electrons. The van der Waals surface area contributed by atoms with Crippen molar-refractivity contribution in [2.45, 2.75) is 52.4 Å². The molecule has 0 spiro atoms. The third-order valence-corrected chi connectivity index (χ3v) is 2.35. The lowest BCUT2D eigenvalue weighted by molar-refractivity contribution is 0.0909. The van der Waals surface area contributed by atoms with Gasteiger partial charge < -0.3 is 14.2 Å². The smallest absolute Gasteiger partial charge is 0.0466 e. The highest BCUT2D eigenvalue weighted by atomic mass is 16.5. The zero-order valence-electron chi connectivity index (χ0n) is 11.7. The largest absolute Gasteiger partial charge is 0.381 e. The zero-order valence-corrected chi connectivity index (χ0v) is 11.7. The quantitative estimate of drug-likeness (QED) is 0.440. The summed E-state index contributed by atoms with van der Waals surface area (Å²) in [6.07, 6.45) is 6.65. The van der Waals surface area contributed by atoms with Crippen LogP contribution in [0.3, 0.4) is 0 Å². The molecule has 0 atom stereocenters. The Morgan fingerprint density at radius 2 is 0.765 bits per heavy atom. The van der Waals surface area contributed by atoms with Crippen LogP contribution in [0.1, 0.15) is 52.4 Å². The molecule has 0 heterocycles. The van der Waals surface area contributed by atoms with Crippen LogP contribution in [-0.2, 0) is 14.2 Å². The fraction of sp³-hybridized carbons (Fsp3) is 1.00. The van der Waals surface area contributed by atoms with E-state index in [0.717, 1.165) is 78.2 Å². The highest BCUT2D eigenvalue weighted by molar-refractivity contribution is 4.41. The molecular formula is C14H30O3. The Morgan fingerprint density at radius 3 is 1.06 bits per heavy atom. The van der Waals surface area contributed by atoms with Gasteiger partial charge >= 0.3 is 0 Å². The van der Waals surface area contributed by atoms with Crippen molar-refractivity contribution in [3.05, 3.63) is 0 Å². The molecule has 0 fully saturated rings. The minimum absolute atomic E-state index is 0.866. The minimum Gasteiger partial charge on any atom is -0.381 e. The Hall–Kier alpha value is -0.120. The van der Waals surface area contributed by atoms with Gasteiger partial charge in [-0.15, -0.1) is 0 Å². The van der Waals surface area contributed by atoms with Crippen molar-refractivity contribution in [3.8, 4) is 0 Å². The van der Waals surface area contributed by atoms with Crippen LogP contribution >= 0.6 is 0 Å². The maximum atomic E-state index is 5.54. The van der Waals surface area contributed by atoms with Crippen molar-refractivity contribution in [1.29, 1.82) is 0 Å². The molecule has 17 heavy (non-hydrogen) atoms. The molecule has 0 aromatic rings. The predicted molar refractivity (Wildman–Crippen MR) is 71.5 cm³/mol. The molecule has 0 aliphatic rings. The van der Waals surface area contributed by atoms with E-state index in [1.807, 2.05) is 0 Å². The van der Waals surface area contributed by atoms with Gasteiger partial charge in [0.1, 0.15) is 0 Å². The van der Waals surface area contributed by atoms with Gasteiger partial charge in [-0.1, -0.05) is 13.8 Å². The first-order chi connectivity index (χ1) is 8.41. The van der Waals surface area contributed by atoms with Gasteiger partial charge in [-0.2, -0.15) is 0 Å². The molecule has 0 aliphatic heterocycles. The maximum Gasteiger partial charge on any atom is 0.0466 e. The van der Waals surface area contributed by atoms with Crippen LogP contribution < -0.4 is 0 Å². The van der Waals surface area contributed by atoms with Crippen LogP contribution in [0.25, 0.3) is 0 Å². The molecule has 0 saturated heterocycles. The van der Waals surface area contributed by atoms with Crippen molar-refractivity contribution in [1.82, 2.24) is 0 Å². The number of ether oxygens (including phenoxy) is 3. The van der Waals surface area contributed by atoms with E-state index in [-0.39, 0.29) is 0 Å². The van der Waals surface area contributed by atoms with Crippen molar-refractivity contribution in [2.24, 2.45) is 0 Å². The third-order valence-electron chi connectivity index (χ3n) is 2.35. The second-order valence-electron chi connectivity index (χ2n) is 4.25. The first-order valence-corrected chi connectivity index (χ1v) is 7.15. The first-order valence-electron chi connectivity index (χ1n) is 7.15. The summed E-state index contributed by atoms with van der Waals surface area (Å²) in [6.45, 7) is 9.53. The predicted octanol–water partition coefficient (Wildman–Crippen LogP) is 3.42. The van der Waals surface area contributed by atoms with E-state index < -0.39 is 0 Å². The highest BCUT2D eigenvalue weighted by Crippen LogP contribution is 1.96. The minimum atomic E-state index is 0.866. The summed E-state index contributed by atoms with van der Waals surface area (Å²) < 4.78 is 16.3. The molecule has 0 bridgehead atoms. The maximum absolute atomic E-state index is 5.54. The van der Waals surface area contributed by atoms with Crippen molar-refractivity contribution in [2.75, 3.05) is 39.6 Å². The van der Waals surface area contributed by atoms with Gasteiger partial charge in [0.2, 0.25) is 0 Å². The third kappa shape index (κ3) is 15.9. The summed E-state index contributed by atoms with van der Waals surface area (Å²) in [6, 6.07) is 0. The molecule has 0 saturated carbocycles. The Balaban J connectivity index is 2.85. The topological polar surface area (TPSA) is 27.7 Å². The van der Waals surface area contributed by atoms with Gasteiger partial charge in [-0.25, -0.2) is 0 Å². The highest BCUT2D eigenvalue weighted by Gasteiger charge is 1.92. The monoisotopic (exact) mass is 246 g/mol. The van der Waals surface area contributed by atoms with Crippen molar-refractivity contribution < 1.29 is 14.2 Å². The van der Waals surface area contributed by atoms with Crippen molar-refractivity contribution in [3.63, 3.8) is 0 Å². The fourth-order valence-electron chi connectivity index (χ4n) is 1.41. The summed E-state index contributed by atoms with van der Waals surface area (Å²) in [4.78, 5) is 0. The second kappa shape index (κ2) is 15.9. The summed E-state index contributed by atoms with van der Waals surface area (Å²) in [5.74, 6) is 0. The lowest BCUT2D eigenvalue weighted by Gasteiger charge is -2.05. The molecule has 0 rings (SSSR count). The average molecular weight is 246 g/mol. The Bertz CT molecular complexity index is 115. The van der Waals surface area contributed by atoms with Crippen LogP contribution in [0.15, 0.2) is 0 Å². The summed E-state index contributed by atoms with van der Waals surface area (Å²) in [7, 11) is 0.